The molecule has 3 fully saturated rings. The third-order valence-electron chi connectivity index (χ3n) is 16.3. The quantitative estimate of drug-likeness (QED) is 0.0264. The summed E-state index contributed by atoms with van der Waals surface area (Å²) in [5, 5.41) is 13.2. The molecule has 0 spiro atoms. The van der Waals surface area contributed by atoms with Crippen molar-refractivity contribution in [3.63, 3.8) is 0 Å². The average Bonchev–Trinajstić information content (AvgIpc) is 1.72. The Bertz CT molecular complexity index is 3360. The van der Waals surface area contributed by atoms with Gasteiger partial charge in [0.2, 0.25) is 0 Å². The van der Waals surface area contributed by atoms with Crippen LogP contribution in [0.25, 0.3) is 0 Å². The minimum absolute atomic E-state index is 0.0495. The molecule has 1 N–H and O–H groups in total. The minimum atomic E-state index is -1.90. The van der Waals surface area contributed by atoms with Crippen LogP contribution in [0.4, 0.5) is 0 Å². The molecule has 0 aliphatic carbocycles. The van der Waals surface area contributed by atoms with E-state index in [0.717, 1.165) is 53.5 Å². The summed E-state index contributed by atoms with van der Waals surface area (Å²) >= 11 is 0. The fraction of sp³-hybridized carbons (Fsp3) is 0.403. The number of imide groups is 1. The molecule has 0 saturated carbocycles. The number of carbonyl (C=O) groups excluding carboxylic acids is 5. The molecule has 0 radical (unpaired) electrons. The zero-order chi connectivity index (χ0) is 65.2. The van der Waals surface area contributed by atoms with Crippen LogP contribution in [0, 0.1) is 0 Å². The van der Waals surface area contributed by atoms with Crippen molar-refractivity contribution in [1.82, 2.24) is 4.90 Å². The number of esters is 3. The highest BCUT2D eigenvalue weighted by molar-refractivity contribution is 6.19. The van der Waals surface area contributed by atoms with Crippen LogP contribution in [-0.4, -0.2) is 152 Å². The standard InChI is InChI=1S/C72H79NO20/c1-45-46(2)69(79)73(68(45)78)59-63(88-49(5)76)61(87-48(4)75)58(44-82-47(3)74)90-70(59)93-64-60(77)56(42-80-36-50-24-12-6-13-25-50)89-72(66(64)84-39-53-30-18-9-19-31-53)92-62-57(43-81-37-51-26-14-7-15-27-51)91-71(86-41-55-34-22-11-23-35-55)67(85-40-54-32-20-10-21-33-54)65(62)83-38-52-28-16-8-17-29-52/h6-35,56-67,70-72,77H,36-44H2,1-5H3/t56-,57-,58-,59-,60+,61-,62-,63-,64+,65+,66-,67-,70+,71-,72+/m1/s1. The molecular formula is C72H79NO20. The highest BCUT2D eigenvalue weighted by Gasteiger charge is 2.60. The van der Waals surface area contributed by atoms with Gasteiger partial charge in [0, 0.05) is 31.9 Å². The van der Waals surface area contributed by atoms with Gasteiger partial charge in [-0.2, -0.15) is 0 Å². The van der Waals surface area contributed by atoms with Crippen molar-refractivity contribution in [2.24, 2.45) is 0 Å². The third kappa shape index (κ3) is 18.1. The molecule has 4 aliphatic rings. The summed E-state index contributed by atoms with van der Waals surface area (Å²) in [4.78, 5) is 68.9. The molecule has 0 bridgehead atoms. The molecule has 6 aromatic carbocycles. The van der Waals surface area contributed by atoms with Crippen molar-refractivity contribution in [3.05, 3.63) is 227 Å². The van der Waals surface area contributed by atoms with Crippen molar-refractivity contribution in [2.45, 2.75) is 166 Å². The Morgan fingerprint density at radius 2 is 0.742 bits per heavy atom. The topological polar surface area (TPSA) is 238 Å². The third-order valence-corrected chi connectivity index (χ3v) is 16.3. The summed E-state index contributed by atoms with van der Waals surface area (Å²) in [6.07, 6.45) is -20.2. The van der Waals surface area contributed by atoms with Crippen LogP contribution in [0.5, 0.6) is 0 Å². The van der Waals surface area contributed by atoms with E-state index in [2.05, 4.69) is 0 Å². The van der Waals surface area contributed by atoms with Crippen LogP contribution >= 0.6 is 0 Å². The molecule has 0 aromatic heterocycles. The Labute approximate surface area is 540 Å². The number of benzene rings is 6. The second kappa shape index (κ2) is 33.3. The number of hydrogen-bond acceptors (Lipinski definition) is 20. The van der Waals surface area contributed by atoms with Crippen molar-refractivity contribution >= 4 is 29.7 Å². The first-order valence-electron chi connectivity index (χ1n) is 31.0. The summed E-state index contributed by atoms with van der Waals surface area (Å²) < 4.78 is 93.6. The maximum atomic E-state index is 14.6. The predicted molar refractivity (Wildman–Crippen MR) is 332 cm³/mol. The maximum absolute atomic E-state index is 14.6. The van der Waals surface area contributed by atoms with Crippen molar-refractivity contribution in [3.8, 4) is 0 Å². The molecule has 2 amide bonds. The Balaban J connectivity index is 1.11. The van der Waals surface area contributed by atoms with Gasteiger partial charge in [-0.05, 0) is 47.2 Å². The van der Waals surface area contributed by atoms with E-state index in [1.54, 1.807) is 0 Å². The molecule has 93 heavy (non-hydrogen) atoms. The van der Waals surface area contributed by atoms with E-state index in [0.29, 0.717) is 5.56 Å². The van der Waals surface area contributed by atoms with Gasteiger partial charge in [0.25, 0.3) is 11.8 Å². The normalized spacial score (nSPS) is 27.2. The van der Waals surface area contributed by atoms with Crippen molar-refractivity contribution < 1.29 is 95.4 Å². The lowest BCUT2D eigenvalue weighted by Gasteiger charge is -2.51. The smallest absolute Gasteiger partial charge is 0.303 e. The molecule has 15 atom stereocenters. The zero-order valence-corrected chi connectivity index (χ0v) is 52.5. The lowest BCUT2D eigenvalue weighted by Crippen LogP contribution is -2.70. The Hall–Kier alpha value is -7.87. The van der Waals surface area contributed by atoms with Crippen LogP contribution in [-0.2, 0) is 130 Å². The molecule has 3 saturated heterocycles. The van der Waals surface area contributed by atoms with E-state index < -0.39 is 128 Å². The minimum Gasteiger partial charge on any atom is -0.463 e. The predicted octanol–water partition coefficient (Wildman–Crippen LogP) is 8.20. The first-order chi connectivity index (χ1) is 45.2. The van der Waals surface area contributed by atoms with Gasteiger partial charge in [-0.25, -0.2) is 0 Å². The number of nitrogens with zero attached hydrogens (tertiary/aromatic N) is 1. The van der Waals surface area contributed by atoms with E-state index in [1.807, 2.05) is 182 Å². The second-order valence-electron chi connectivity index (χ2n) is 23.1. The molecule has 4 heterocycles. The van der Waals surface area contributed by atoms with Gasteiger partial charge in [-0.15, -0.1) is 0 Å². The first-order valence-corrected chi connectivity index (χ1v) is 31.0. The number of rotatable bonds is 29. The van der Waals surface area contributed by atoms with Gasteiger partial charge in [-0.1, -0.05) is 182 Å². The van der Waals surface area contributed by atoms with Gasteiger partial charge in [0.15, 0.2) is 31.1 Å². The molecule has 10 rings (SSSR count). The number of amides is 2. The second-order valence-corrected chi connectivity index (χ2v) is 23.1. The molecule has 0 unspecified atom stereocenters. The summed E-state index contributed by atoms with van der Waals surface area (Å²) in [5.41, 5.74) is 5.02. The van der Waals surface area contributed by atoms with E-state index in [4.69, 9.17) is 66.3 Å². The SMILES string of the molecule is CC(=O)OC[C@H]1O[C@@H](O[C@H]2[C@@H](O)[C@@H](COCc3ccccc3)O[C@@H](O[C@H]3[C@H](OCc4ccccc4)[C@@H](OCc4ccccc4)[C@H](OCc4ccccc4)O[C@@H]3COCc3ccccc3)[C@@H]2OCc2ccccc2)[C@H](N2C(=O)C(C)=C(C)C2=O)[C@@H](OC(C)=O)[C@@H]1OC(C)=O. The number of carbonyl (C=O) groups is 5. The lowest BCUT2D eigenvalue weighted by molar-refractivity contribution is -0.387. The van der Waals surface area contributed by atoms with Gasteiger partial charge in [-0.3, -0.25) is 28.9 Å². The van der Waals surface area contributed by atoms with Crippen LogP contribution in [0.15, 0.2) is 193 Å². The largest absolute Gasteiger partial charge is 0.463 e. The highest BCUT2D eigenvalue weighted by atomic mass is 16.8. The maximum Gasteiger partial charge on any atom is 0.303 e. The molecular weight excluding hydrogens is 1200 g/mol. The van der Waals surface area contributed by atoms with Gasteiger partial charge >= 0.3 is 17.9 Å². The van der Waals surface area contributed by atoms with E-state index in [1.165, 1.54) is 13.8 Å². The Morgan fingerprint density at radius 1 is 0.387 bits per heavy atom. The first kappa shape index (κ1) is 68.0. The number of ether oxygens (including phenoxy) is 14. The summed E-state index contributed by atoms with van der Waals surface area (Å²) in [6, 6.07) is 55.2. The summed E-state index contributed by atoms with van der Waals surface area (Å²) in [7, 11) is 0. The zero-order valence-electron chi connectivity index (χ0n) is 52.5. The van der Waals surface area contributed by atoms with Gasteiger partial charge < -0.3 is 71.4 Å². The van der Waals surface area contributed by atoms with Crippen LogP contribution < -0.4 is 0 Å². The van der Waals surface area contributed by atoms with Crippen molar-refractivity contribution in [2.75, 3.05) is 19.8 Å². The Morgan fingerprint density at radius 3 is 1.18 bits per heavy atom. The molecule has 21 nitrogen and oxygen atoms in total. The van der Waals surface area contributed by atoms with Crippen LogP contribution in [0.3, 0.4) is 0 Å². The fourth-order valence-corrected chi connectivity index (χ4v) is 11.6. The molecule has 492 valence electrons. The summed E-state index contributed by atoms with van der Waals surface area (Å²) in [5.74, 6) is -4.13. The Kier molecular flexibility index (Phi) is 24.4. The number of aliphatic hydroxyl groups is 1. The van der Waals surface area contributed by atoms with Gasteiger partial charge in [0.05, 0.1) is 52.9 Å². The number of hydrogen-bond donors (Lipinski definition) is 1. The monoisotopic (exact) mass is 1280 g/mol. The fourth-order valence-electron chi connectivity index (χ4n) is 11.6. The lowest BCUT2D eigenvalue weighted by atomic mass is 9.93. The number of aliphatic hydroxyl groups excluding tert-OH is 1. The van der Waals surface area contributed by atoms with Crippen molar-refractivity contribution in [1.29, 1.82) is 0 Å². The summed E-state index contributed by atoms with van der Waals surface area (Å²) in [6.45, 7) is 5.61. The van der Waals surface area contributed by atoms with E-state index in [-0.39, 0.29) is 64.0 Å². The molecule has 6 aromatic rings. The van der Waals surface area contributed by atoms with Crippen LogP contribution in [0.2, 0.25) is 0 Å². The highest BCUT2D eigenvalue weighted by Crippen LogP contribution is 2.40. The van der Waals surface area contributed by atoms with Gasteiger partial charge in [0.1, 0.15) is 67.6 Å². The molecule has 4 aliphatic heterocycles. The van der Waals surface area contributed by atoms with Crippen LogP contribution in [0.1, 0.15) is 68.0 Å². The van der Waals surface area contributed by atoms with E-state index >= 15 is 0 Å². The van der Waals surface area contributed by atoms with E-state index in [9.17, 15) is 29.1 Å². The molecule has 21 heteroatoms. The average molecular weight is 1280 g/mol.